The Kier molecular flexibility index (Phi) is 17.6. The van der Waals surface area contributed by atoms with Crippen molar-refractivity contribution in [3.05, 3.63) is 48.6 Å². The van der Waals surface area contributed by atoms with Gasteiger partial charge in [-0.25, -0.2) is 5.48 Å². The number of hydrogen-bond acceptors (Lipinski definition) is 2. The monoisotopic (exact) mass is 223 g/mol. The van der Waals surface area contributed by atoms with Crippen LogP contribution >= 0.6 is 0 Å². The number of benzene rings is 1. The molecular formula is C14H25NO. The van der Waals surface area contributed by atoms with Gasteiger partial charge in [0.05, 0.1) is 7.11 Å². The SMILES string of the molecule is C=CCCc1ccccc1.CC.CNOC. The highest BCUT2D eigenvalue weighted by Gasteiger charge is 1.85. The molecule has 0 heterocycles. The summed E-state index contributed by atoms with van der Waals surface area (Å²) in [4.78, 5) is 4.29. The Morgan fingerprint density at radius 1 is 1.25 bits per heavy atom. The van der Waals surface area contributed by atoms with E-state index in [0.29, 0.717) is 0 Å². The second kappa shape index (κ2) is 16.3. The highest BCUT2D eigenvalue weighted by molar-refractivity contribution is 5.14. The van der Waals surface area contributed by atoms with Gasteiger partial charge in [-0.3, -0.25) is 0 Å². The van der Waals surface area contributed by atoms with Crippen molar-refractivity contribution in [3.63, 3.8) is 0 Å². The van der Waals surface area contributed by atoms with Crippen LogP contribution in [0.15, 0.2) is 43.0 Å². The number of hydroxylamine groups is 1. The number of hydrogen-bond donors (Lipinski definition) is 1. The molecule has 0 aliphatic heterocycles. The minimum atomic E-state index is 1.07. The zero-order valence-corrected chi connectivity index (χ0v) is 11.0. The van der Waals surface area contributed by atoms with Crippen molar-refractivity contribution in [1.29, 1.82) is 0 Å². The van der Waals surface area contributed by atoms with E-state index in [1.165, 1.54) is 5.56 Å². The second-order valence-corrected chi connectivity index (χ2v) is 2.72. The van der Waals surface area contributed by atoms with Gasteiger partial charge < -0.3 is 4.84 Å². The zero-order chi connectivity index (χ0) is 12.6. The van der Waals surface area contributed by atoms with Gasteiger partial charge in [0.15, 0.2) is 0 Å². The summed E-state index contributed by atoms with van der Waals surface area (Å²) < 4.78 is 0. The van der Waals surface area contributed by atoms with E-state index in [4.69, 9.17) is 0 Å². The first-order chi connectivity index (χ1) is 7.85. The molecule has 2 nitrogen and oxygen atoms in total. The zero-order valence-electron chi connectivity index (χ0n) is 11.0. The van der Waals surface area contributed by atoms with E-state index in [9.17, 15) is 0 Å². The molecule has 0 spiro atoms. The summed E-state index contributed by atoms with van der Waals surface area (Å²) in [6.45, 7) is 7.68. The van der Waals surface area contributed by atoms with Gasteiger partial charge in [0, 0.05) is 7.05 Å². The number of nitrogens with one attached hydrogen (secondary N) is 1. The first-order valence-electron chi connectivity index (χ1n) is 5.69. The lowest BCUT2D eigenvalue weighted by molar-refractivity contribution is 0.112. The Morgan fingerprint density at radius 2 is 1.75 bits per heavy atom. The molecule has 0 amide bonds. The van der Waals surface area contributed by atoms with Gasteiger partial charge in [0.25, 0.3) is 0 Å². The standard InChI is InChI=1S/C10H12.C2H7NO.C2H6/c1-2-3-7-10-8-5-4-6-9-10;1-3-4-2;1-2/h2,4-6,8-9H,1,3,7H2;3H,1-2H3;1-2H3. The maximum atomic E-state index is 4.29. The van der Waals surface area contributed by atoms with Crippen molar-refractivity contribution < 1.29 is 4.84 Å². The maximum Gasteiger partial charge on any atom is 0.0572 e. The van der Waals surface area contributed by atoms with Crippen LogP contribution in [0.1, 0.15) is 25.8 Å². The first-order valence-corrected chi connectivity index (χ1v) is 5.69. The summed E-state index contributed by atoms with van der Waals surface area (Å²) >= 11 is 0. The molecule has 1 aromatic carbocycles. The molecule has 0 aromatic heterocycles. The van der Waals surface area contributed by atoms with Crippen LogP contribution in [0.5, 0.6) is 0 Å². The van der Waals surface area contributed by atoms with Crippen molar-refractivity contribution >= 4 is 0 Å². The lowest BCUT2D eigenvalue weighted by Crippen LogP contribution is -2.00. The third kappa shape index (κ3) is 12.9. The summed E-state index contributed by atoms with van der Waals surface area (Å²) in [5.74, 6) is 0. The van der Waals surface area contributed by atoms with Crippen molar-refractivity contribution in [3.8, 4) is 0 Å². The lowest BCUT2D eigenvalue weighted by Gasteiger charge is -1.94. The molecule has 0 fully saturated rings. The van der Waals surface area contributed by atoms with Crippen LogP contribution in [0, 0.1) is 0 Å². The Morgan fingerprint density at radius 3 is 2.12 bits per heavy atom. The van der Waals surface area contributed by atoms with Crippen molar-refractivity contribution in [2.75, 3.05) is 14.2 Å². The summed E-state index contributed by atoms with van der Waals surface area (Å²) in [6.07, 6.45) is 4.14. The van der Waals surface area contributed by atoms with Crippen molar-refractivity contribution in [2.24, 2.45) is 0 Å². The maximum absolute atomic E-state index is 4.29. The molecule has 1 N–H and O–H groups in total. The fourth-order valence-electron chi connectivity index (χ4n) is 0.913. The van der Waals surface area contributed by atoms with Crippen LogP contribution in [0.2, 0.25) is 0 Å². The van der Waals surface area contributed by atoms with Gasteiger partial charge in [-0.1, -0.05) is 50.3 Å². The Balaban J connectivity index is 0. The minimum absolute atomic E-state index is 1.07. The number of aryl methyl sites for hydroxylation is 1. The lowest BCUT2D eigenvalue weighted by atomic mass is 10.1. The van der Waals surface area contributed by atoms with Crippen LogP contribution in [0.25, 0.3) is 0 Å². The molecule has 16 heavy (non-hydrogen) atoms. The van der Waals surface area contributed by atoms with Crippen molar-refractivity contribution in [1.82, 2.24) is 5.48 Å². The fraction of sp³-hybridized carbons (Fsp3) is 0.429. The summed E-state index contributed by atoms with van der Waals surface area (Å²) in [5.41, 5.74) is 3.82. The highest BCUT2D eigenvalue weighted by Crippen LogP contribution is 2.01. The van der Waals surface area contributed by atoms with Crippen LogP contribution in [0.3, 0.4) is 0 Å². The molecule has 1 rings (SSSR count). The molecule has 0 bridgehead atoms. The van der Waals surface area contributed by atoms with E-state index < -0.39 is 0 Å². The average molecular weight is 223 g/mol. The van der Waals surface area contributed by atoms with Crippen LogP contribution in [0.4, 0.5) is 0 Å². The fourth-order valence-corrected chi connectivity index (χ4v) is 0.913. The summed E-state index contributed by atoms with van der Waals surface area (Å²) in [6, 6.07) is 10.5. The molecule has 0 saturated heterocycles. The molecule has 2 heteroatoms. The van der Waals surface area contributed by atoms with Gasteiger partial charge in [0.2, 0.25) is 0 Å². The number of allylic oxidation sites excluding steroid dienone is 1. The second-order valence-electron chi connectivity index (χ2n) is 2.72. The third-order valence-electron chi connectivity index (χ3n) is 1.68. The van der Waals surface area contributed by atoms with E-state index >= 15 is 0 Å². The van der Waals surface area contributed by atoms with Gasteiger partial charge in [-0.15, -0.1) is 6.58 Å². The molecule has 0 saturated carbocycles. The summed E-state index contributed by atoms with van der Waals surface area (Å²) in [7, 11) is 3.28. The molecule has 0 atom stereocenters. The topological polar surface area (TPSA) is 21.3 Å². The normalized spacial score (nSPS) is 8.00. The van der Waals surface area contributed by atoms with Crippen molar-refractivity contribution in [2.45, 2.75) is 26.7 Å². The van der Waals surface area contributed by atoms with Gasteiger partial charge in [-0.2, -0.15) is 0 Å². The van der Waals surface area contributed by atoms with E-state index in [2.05, 4.69) is 41.2 Å². The smallest absolute Gasteiger partial charge is 0.0572 e. The molecule has 92 valence electrons. The predicted octanol–water partition coefficient (Wildman–Crippen LogP) is 3.60. The molecule has 0 unspecified atom stereocenters. The third-order valence-corrected chi connectivity index (χ3v) is 1.68. The largest absolute Gasteiger partial charge is 0.305 e. The summed E-state index contributed by atoms with van der Waals surface area (Å²) in [5, 5.41) is 0. The highest BCUT2D eigenvalue weighted by atomic mass is 16.6. The van der Waals surface area contributed by atoms with Crippen LogP contribution < -0.4 is 5.48 Å². The Labute approximate surface area is 100 Å². The van der Waals surface area contributed by atoms with Gasteiger partial charge in [-0.05, 0) is 18.4 Å². The average Bonchev–Trinajstić information content (AvgIpc) is 2.40. The van der Waals surface area contributed by atoms with Crippen LogP contribution in [-0.2, 0) is 11.3 Å². The Hall–Kier alpha value is -1.12. The predicted molar refractivity (Wildman–Crippen MR) is 72.4 cm³/mol. The first kappa shape index (κ1) is 17.3. The number of rotatable bonds is 4. The Bertz CT molecular complexity index is 219. The quantitative estimate of drug-likeness (QED) is 0.622. The van der Waals surface area contributed by atoms with Crippen LogP contribution in [-0.4, -0.2) is 14.2 Å². The van der Waals surface area contributed by atoms with E-state index in [1.807, 2.05) is 26.0 Å². The van der Waals surface area contributed by atoms with E-state index in [0.717, 1.165) is 12.8 Å². The molecule has 1 aromatic rings. The molecule has 0 aliphatic carbocycles. The van der Waals surface area contributed by atoms with E-state index in [1.54, 1.807) is 14.2 Å². The molecule has 0 aliphatic rings. The molecular weight excluding hydrogens is 198 g/mol. The van der Waals surface area contributed by atoms with Gasteiger partial charge in [0.1, 0.15) is 0 Å². The molecule has 0 radical (unpaired) electrons. The van der Waals surface area contributed by atoms with Gasteiger partial charge >= 0.3 is 0 Å². The minimum Gasteiger partial charge on any atom is -0.305 e. The van der Waals surface area contributed by atoms with E-state index in [-0.39, 0.29) is 0 Å².